The van der Waals surface area contributed by atoms with Gasteiger partial charge in [-0.1, -0.05) is 12.8 Å². The number of rotatable bonds is 4. The Morgan fingerprint density at radius 1 is 1.22 bits per heavy atom. The van der Waals surface area contributed by atoms with Gasteiger partial charge in [-0.3, -0.25) is 0 Å². The Labute approximate surface area is 108 Å². The molecule has 0 spiro atoms. The third-order valence-corrected chi connectivity index (χ3v) is 4.00. The summed E-state index contributed by atoms with van der Waals surface area (Å²) in [5.41, 5.74) is 1.18. The first-order valence-electron chi connectivity index (χ1n) is 6.86. The van der Waals surface area contributed by atoms with E-state index in [4.69, 9.17) is 0 Å². The lowest BCUT2D eigenvalue weighted by atomic mass is 10.1. The van der Waals surface area contributed by atoms with Crippen molar-refractivity contribution in [1.29, 1.82) is 0 Å². The maximum Gasteiger partial charge on any atom is 0.150 e. The predicted molar refractivity (Wildman–Crippen MR) is 73.0 cm³/mol. The van der Waals surface area contributed by atoms with Crippen LogP contribution in [0.3, 0.4) is 0 Å². The molecule has 2 heterocycles. The maximum absolute atomic E-state index is 4.18. The Morgan fingerprint density at radius 3 is 2.72 bits per heavy atom. The zero-order chi connectivity index (χ0) is 12.4. The van der Waals surface area contributed by atoms with Gasteiger partial charge in [-0.25, -0.2) is 0 Å². The molecule has 0 atom stereocenters. The zero-order valence-electron chi connectivity index (χ0n) is 10.9. The Kier molecular flexibility index (Phi) is 3.32. The second-order valence-electron chi connectivity index (χ2n) is 5.32. The number of aromatic nitrogens is 2. The summed E-state index contributed by atoms with van der Waals surface area (Å²) in [6.07, 6.45) is 7.04. The fraction of sp³-hybridized carbons (Fsp3) is 0.692. The molecule has 1 aromatic heterocycles. The van der Waals surface area contributed by atoms with Gasteiger partial charge in [-0.2, -0.15) is 5.10 Å². The van der Waals surface area contributed by atoms with Crippen LogP contribution < -0.4 is 15.5 Å². The van der Waals surface area contributed by atoms with Crippen LogP contribution in [0, 0.1) is 0 Å². The van der Waals surface area contributed by atoms with E-state index in [1.54, 1.807) is 0 Å². The molecule has 0 bridgehead atoms. The molecule has 18 heavy (non-hydrogen) atoms. The number of hydrogen-bond donors (Lipinski definition) is 2. The van der Waals surface area contributed by atoms with E-state index in [0.717, 1.165) is 18.9 Å². The molecule has 1 aliphatic heterocycles. The summed E-state index contributed by atoms with van der Waals surface area (Å²) in [5, 5.41) is 15.1. The molecule has 0 amide bonds. The fourth-order valence-electron chi connectivity index (χ4n) is 2.75. The largest absolute Gasteiger partial charge is 0.367 e. The monoisotopic (exact) mass is 247 g/mol. The zero-order valence-corrected chi connectivity index (χ0v) is 10.9. The summed E-state index contributed by atoms with van der Waals surface area (Å²) >= 11 is 0. The van der Waals surface area contributed by atoms with Crippen molar-refractivity contribution < 1.29 is 0 Å². The van der Waals surface area contributed by atoms with Gasteiger partial charge in [0.05, 0.1) is 11.9 Å². The van der Waals surface area contributed by atoms with Gasteiger partial charge >= 0.3 is 0 Å². The SMILES string of the molecule is CNC1CN(c2cnnc(NC3CCCC3)c2)C1. The van der Waals surface area contributed by atoms with Crippen LogP contribution in [0.15, 0.2) is 12.3 Å². The normalized spacial score (nSPS) is 21.1. The molecule has 1 saturated heterocycles. The molecule has 1 aromatic rings. The smallest absolute Gasteiger partial charge is 0.150 e. The number of nitrogens with zero attached hydrogens (tertiary/aromatic N) is 3. The number of nitrogens with one attached hydrogen (secondary N) is 2. The van der Waals surface area contributed by atoms with Crippen molar-refractivity contribution >= 4 is 11.5 Å². The van der Waals surface area contributed by atoms with E-state index in [2.05, 4.69) is 31.8 Å². The third kappa shape index (κ3) is 2.41. The van der Waals surface area contributed by atoms with Crippen LogP contribution in [-0.2, 0) is 0 Å². The van der Waals surface area contributed by atoms with E-state index >= 15 is 0 Å². The molecule has 2 aliphatic rings. The van der Waals surface area contributed by atoms with Crippen molar-refractivity contribution in [2.45, 2.75) is 37.8 Å². The highest BCUT2D eigenvalue weighted by molar-refractivity contribution is 5.54. The van der Waals surface area contributed by atoms with Gasteiger partial charge in [0.1, 0.15) is 0 Å². The van der Waals surface area contributed by atoms with Crippen LogP contribution in [-0.4, -0.2) is 42.4 Å². The Hall–Kier alpha value is -1.36. The molecule has 1 saturated carbocycles. The standard InChI is InChI=1S/C13H21N5/c1-14-11-8-18(9-11)12-6-13(17-15-7-12)16-10-4-2-3-5-10/h6-7,10-11,14H,2-5,8-9H2,1H3,(H,16,17). The van der Waals surface area contributed by atoms with Crippen LogP contribution in [0.25, 0.3) is 0 Å². The summed E-state index contributed by atoms with van der Waals surface area (Å²) in [5.74, 6) is 0.923. The molecule has 3 rings (SSSR count). The van der Waals surface area contributed by atoms with E-state index in [-0.39, 0.29) is 0 Å². The van der Waals surface area contributed by atoms with Gasteiger partial charge < -0.3 is 15.5 Å². The molecule has 1 aliphatic carbocycles. The Morgan fingerprint density at radius 2 is 2.00 bits per heavy atom. The molecule has 5 nitrogen and oxygen atoms in total. The van der Waals surface area contributed by atoms with Gasteiger partial charge in [0, 0.05) is 31.2 Å². The van der Waals surface area contributed by atoms with E-state index in [0.29, 0.717) is 12.1 Å². The minimum absolute atomic E-state index is 0.594. The molecule has 0 aromatic carbocycles. The third-order valence-electron chi connectivity index (χ3n) is 4.00. The Balaban J connectivity index is 1.62. The van der Waals surface area contributed by atoms with E-state index < -0.39 is 0 Å². The van der Waals surface area contributed by atoms with Crippen molar-refractivity contribution in [3.8, 4) is 0 Å². The molecule has 0 unspecified atom stereocenters. The van der Waals surface area contributed by atoms with Gasteiger partial charge in [0.2, 0.25) is 0 Å². The first-order chi connectivity index (χ1) is 8.85. The summed E-state index contributed by atoms with van der Waals surface area (Å²) in [6, 6.07) is 3.33. The summed E-state index contributed by atoms with van der Waals surface area (Å²) in [7, 11) is 2.01. The molecule has 5 heteroatoms. The summed E-state index contributed by atoms with van der Waals surface area (Å²) in [4.78, 5) is 2.33. The van der Waals surface area contributed by atoms with Crippen molar-refractivity contribution in [3.05, 3.63) is 12.3 Å². The van der Waals surface area contributed by atoms with E-state index in [9.17, 15) is 0 Å². The van der Waals surface area contributed by atoms with Gasteiger partial charge in [0.15, 0.2) is 5.82 Å². The lowest BCUT2D eigenvalue weighted by Gasteiger charge is -2.40. The van der Waals surface area contributed by atoms with Gasteiger partial charge in [0.25, 0.3) is 0 Å². The highest BCUT2D eigenvalue weighted by Crippen LogP contribution is 2.24. The topological polar surface area (TPSA) is 53.1 Å². The predicted octanol–water partition coefficient (Wildman–Crippen LogP) is 1.24. The van der Waals surface area contributed by atoms with Crippen LogP contribution in [0.4, 0.5) is 11.5 Å². The molecule has 2 fully saturated rings. The molecule has 98 valence electrons. The lowest BCUT2D eigenvalue weighted by Crippen LogP contribution is -2.57. The van der Waals surface area contributed by atoms with Crippen LogP contribution in [0.5, 0.6) is 0 Å². The summed E-state index contributed by atoms with van der Waals surface area (Å²) in [6.45, 7) is 2.12. The molecule has 0 radical (unpaired) electrons. The quantitative estimate of drug-likeness (QED) is 0.838. The average Bonchev–Trinajstić information content (AvgIpc) is 2.81. The summed E-state index contributed by atoms with van der Waals surface area (Å²) < 4.78 is 0. The molecular weight excluding hydrogens is 226 g/mol. The minimum atomic E-state index is 0.594. The fourth-order valence-corrected chi connectivity index (χ4v) is 2.75. The second kappa shape index (κ2) is 5.10. The van der Waals surface area contributed by atoms with Crippen LogP contribution in [0.2, 0.25) is 0 Å². The number of hydrogen-bond acceptors (Lipinski definition) is 5. The molecular formula is C13H21N5. The van der Waals surface area contributed by atoms with Crippen LogP contribution >= 0.6 is 0 Å². The number of likely N-dealkylation sites (N-methyl/N-ethyl adjacent to an activating group) is 1. The highest BCUT2D eigenvalue weighted by Gasteiger charge is 2.26. The second-order valence-corrected chi connectivity index (χ2v) is 5.32. The van der Waals surface area contributed by atoms with Crippen LogP contribution in [0.1, 0.15) is 25.7 Å². The maximum atomic E-state index is 4.18. The highest BCUT2D eigenvalue weighted by atomic mass is 15.3. The van der Waals surface area contributed by atoms with Gasteiger partial charge in [-0.15, -0.1) is 5.10 Å². The molecule has 2 N–H and O–H groups in total. The number of anilines is 2. The van der Waals surface area contributed by atoms with E-state index in [1.807, 2.05) is 13.2 Å². The lowest BCUT2D eigenvalue weighted by molar-refractivity contribution is 0.450. The average molecular weight is 247 g/mol. The first-order valence-corrected chi connectivity index (χ1v) is 6.86. The van der Waals surface area contributed by atoms with Crippen molar-refractivity contribution in [1.82, 2.24) is 15.5 Å². The van der Waals surface area contributed by atoms with Crippen molar-refractivity contribution in [2.75, 3.05) is 30.4 Å². The van der Waals surface area contributed by atoms with E-state index in [1.165, 1.54) is 31.4 Å². The Bertz CT molecular complexity index is 396. The minimum Gasteiger partial charge on any atom is -0.367 e. The van der Waals surface area contributed by atoms with Gasteiger partial charge in [-0.05, 0) is 19.9 Å². The van der Waals surface area contributed by atoms with Crippen molar-refractivity contribution in [3.63, 3.8) is 0 Å². The van der Waals surface area contributed by atoms with Crippen molar-refractivity contribution in [2.24, 2.45) is 0 Å². The first kappa shape index (κ1) is 11.7.